The molecule has 1 nitrogen and oxygen atoms in total. The smallest absolute Gasteiger partial charge is 0.00218 e. The van der Waals surface area contributed by atoms with Crippen LogP contribution in [0.15, 0.2) is 30.3 Å². The number of rotatable bonds is 3. The molecule has 14 heavy (non-hydrogen) atoms. The zero-order valence-electron chi connectivity index (χ0n) is 8.58. The summed E-state index contributed by atoms with van der Waals surface area (Å²) in [7, 11) is 0. The van der Waals surface area contributed by atoms with E-state index in [1.165, 1.54) is 31.6 Å². The van der Waals surface area contributed by atoms with Crippen LogP contribution in [0.2, 0.25) is 0 Å². The second-order valence-electron chi connectivity index (χ2n) is 3.83. The van der Waals surface area contributed by atoms with Crippen LogP contribution in [-0.4, -0.2) is 24.5 Å². The van der Waals surface area contributed by atoms with Gasteiger partial charge in [-0.1, -0.05) is 30.3 Å². The third kappa shape index (κ3) is 2.85. The van der Waals surface area contributed by atoms with E-state index in [0.717, 1.165) is 12.8 Å². The summed E-state index contributed by atoms with van der Waals surface area (Å²) in [6, 6.07) is 10.7. The highest BCUT2D eigenvalue weighted by molar-refractivity contribution is 5.14. The maximum absolute atomic E-state index is 3.37. The summed E-state index contributed by atoms with van der Waals surface area (Å²) in [5.74, 6) is 0. The zero-order chi connectivity index (χ0) is 9.64. The van der Waals surface area contributed by atoms with Gasteiger partial charge < -0.3 is 4.90 Å². The van der Waals surface area contributed by atoms with Crippen LogP contribution in [0.5, 0.6) is 0 Å². The van der Waals surface area contributed by atoms with Gasteiger partial charge in [0.15, 0.2) is 0 Å². The van der Waals surface area contributed by atoms with Gasteiger partial charge in [-0.05, 0) is 44.3 Å². The average molecular weight is 187 g/mol. The molecule has 0 unspecified atom stereocenters. The lowest BCUT2D eigenvalue weighted by molar-refractivity contribution is 0.257. The van der Waals surface area contributed by atoms with Crippen LogP contribution in [0.3, 0.4) is 0 Å². The summed E-state index contributed by atoms with van der Waals surface area (Å²) in [6.07, 6.45) is 6.85. The summed E-state index contributed by atoms with van der Waals surface area (Å²) in [6.45, 7) is 3.60. The molecule has 1 aromatic carbocycles. The summed E-state index contributed by atoms with van der Waals surface area (Å²) < 4.78 is 0. The Morgan fingerprint density at radius 1 is 1.07 bits per heavy atom. The lowest BCUT2D eigenvalue weighted by Crippen LogP contribution is -2.31. The molecule has 1 aliphatic heterocycles. The fourth-order valence-electron chi connectivity index (χ4n) is 1.87. The van der Waals surface area contributed by atoms with E-state index in [-0.39, 0.29) is 0 Å². The van der Waals surface area contributed by atoms with E-state index in [4.69, 9.17) is 0 Å². The first-order chi connectivity index (χ1) is 6.95. The summed E-state index contributed by atoms with van der Waals surface area (Å²) in [4.78, 5) is 2.53. The van der Waals surface area contributed by atoms with Crippen LogP contribution in [0.4, 0.5) is 0 Å². The Hall–Kier alpha value is -0.820. The minimum atomic E-state index is 1.15. The standard InChI is InChI=1S/C13H17N/c1-3-7-13(8-4-1)9-12-14-10-5-2-6-11-14/h1,3-4,7-8H,5-6,9-12H2. The second kappa shape index (κ2) is 5.16. The summed E-state index contributed by atoms with van der Waals surface area (Å²) >= 11 is 0. The average Bonchev–Trinajstić information content (AvgIpc) is 2.29. The van der Waals surface area contributed by atoms with E-state index in [0.29, 0.717) is 0 Å². The molecule has 0 bridgehead atoms. The number of hydrogen-bond acceptors (Lipinski definition) is 1. The molecule has 1 heteroatoms. The maximum Gasteiger partial charge on any atom is 0.00218 e. The number of nitrogens with zero attached hydrogens (tertiary/aromatic N) is 1. The van der Waals surface area contributed by atoms with Gasteiger partial charge in [0.2, 0.25) is 0 Å². The van der Waals surface area contributed by atoms with Gasteiger partial charge >= 0.3 is 0 Å². The van der Waals surface area contributed by atoms with Gasteiger partial charge in [0.1, 0.15) is 0 Å². The highest BCUT2D eigenvalue weighted by Gasteiger charge is 2.09. The molecule has 0 saturated carbocycles. The topological polar surface area (TPSA) is 3.24 Å². The van der Waals surface area contributed by atoms with Crippen molar-refractivity contribution < 1.29 is 0 Å². The van der Waals surface area contributed by atoms with Gasteiger partial charge in [-0.15, -0.1) is 0 Å². The van der Waals surface area contributed by atoms with Crippen molar-refractivity contribution in [1.82, 2.24) is 4.90 Å². The highest BCUT2D eigenvalue weighted by atomic mass is 15.1. The summed E-state index contributed by atoms with van der Waals surface area (Å²) in [5, 5.41) is 0. The normalized spacial score (nSPS) is 18.3. The Kier molecular flexibility index (Phi) is 3.58. The Labute approximate surface area is 86.7 Å². The zero-order valence-corrected chi connectivity index (χ0v) is 8.58. The predicted octanol–water partition coefficient (Wildman–Crippen LogP) is 2.41. The Balaban J connectivity index is 1.76. The van der Waals surface area contributed by atoms with Crippen molar-refractivity contribution in [3.63, 3.8) is 0 Å². The molecule has 1 aromatic rings. The number of benzene rings is 1. The molecule has 1 fully saturated rings. The molecule has 0 spiro atoms. The molecule has 0 aromatic heterocycles. The van der Waals surface area contributed by atoms with Crippen LogP contribution < -0.4 is 0 Å². The molecule has 0 atom stereocenters. The Morgan fingerprint density at radius 2 is 1.79 bits per heavy atom. The predicted molar refractivity (Wildman–Crippen MR) is 59.1 cm³/mol. The lowest BCUT2D eigenvalue weighted by Gasteiger charge is -2.25. The largest absolute Gasteiger partial charge is 0.303 e. The van der Waals surface area contributed by atoms with Crippen LogP contribution in [0.1, 0.15) is 18.4 Å². The van der Waals surface area contributed by atoms with Crippen LogP contribution in [0.25, 0.3) is 0 Å². The third-order valence-electron chi connectivity index (χ3n) is 2.77. The minimum absolute atomic E-state index is 1.15. The van der Waals surface area contributed by atoms with Crippen molar-refractivity contribution in [2.75, 3.05) is 19.6 Å². The first-order valence-corrected chi connectivity index (χ1v) is 5.42. The van der Waals surface area contributed by atoms with E-state index < -0.39 is 0 Å². The minimum Gasteiger partial charge on any atom is -0.303 e. The number of hydrogen-bond donors (Lipinski definition) is 0. The van der Waals surface area contributed by atoms with Crippen molar-refractivity contribution in [2.24, 2.45) is 0 Å². The Morgan fingerprint density at radius 3 is 2.50 bits per heavy atom. The number of likely N-dealkylation sites (tertiary alicyclic amines) is 1. The first kappa shape index (κ1) is 9.72. The van der Waals surface area contributed by atoms with Crippen LogP contribution in [-0.2, 0) is 6.42 Å². The lowest BCUT2D eigenvalue weighted by atomic mass is 10.1. The fourth-order valence-corrected chi connectivity index (χ4v) is 1.87. The van der Waals surface area contributed by atoms with Gasteiger partial charge in [-0.25, -0.2) is 0 Å². The first-order valence-electron chi connectivity index (χ1n) is 5.42. The molecule has 0 N–H and O–H groups in total. The molecule has 74 valence electrons. The SMILES string of the molecule is [C]1CCN(CCc2ccccc2)CC1. The molecular weight excluding hydrogens is 170 g/mol. The fraction of sp³-hybridized carbons (Fsp3) is 0.462. The molecule has 1 aliphatic rings. The van der Waals surface area contributed by atoms with Gasteiger partial charge in [-0.2, -0.15) is 0 Å². The molecule has 0 aliphatic carbocycles. The maximum atomic E-state index is 3.37. The highest BCUT2D eigenvalue weighted by Crippen LogP contribution is 2.08. The van der Waals surface area contributed by atoms with E-state index in [9.17, 15) is 0 Å². The van der Waals surface area contributed by atoms with E-state index in [2.05, 4.69) is 41.7 Å². The number of piperidine rings is 1. The van der Waals surface area contributed by atoms with E-state index >= 15 is 0 Å². The van der Waals surface area contributed by atoms with Crippen molar-refractivity contribution in [3.8, 4) is 0 Å². The van der Waals surface area contributed by atoms with E-state index in [1.807, 2.05) is 0 Å². The second-order valence-corrected chi connectivity index (χ2v) is 3.83. The van der Waals surface area contributed by atoms with Gasteiger partial charge in [0.05, 0.1) is 0 Å². The van der Waals surface area contributed by atoms with Gasteiger partial charge in [0, 0.05) is 6.54 Å². The van der Waals surface area contributed by atoms with Crippen molar-refractivity contribution in [3.05, 3.63) is 42.3 Å². The molecule has 0 amide bonds. The quantitative estimate of drug-likeness (QED) is 0.702. The molecule has 1 saturated heterocycles. The molecular formula is C13H17N. The van der Waals surface area contributed by atoms with Crippen molar-refractivity contribution in [1.29, 1.82) is 0 Å². The third-order valence-corrected chi connectivity index (χ3v) is 2.77. The van der Waals surface area contributed by atoms with Gasteiger partial charge in [0.25, 0.3) is 0 Å². The summed E-state index contributed by atoms with van der Waals surface area (Å²) in [5.41, 5.74) is 1.45. The van der Waals surface area contributed by atoms with Crippen molar-refractivity contribution in [2.45, 2.75) is 19.3 Å². The van der Waals surface area contributed by atoms with Crippen molar-refractivity contribution >= 4 is 0 Å². The molecule has 2 radical (unpaired) electrons. The van der Waals surface area contributed by atoms with Crippen LogP contribution >= 0.6 is 0 Å². The van der Waals surface area contributed by atoms with Crippen LogP contribution in [0, 0.1) is 6.42 Å². The molecule has 1 heterocycles. The Bertz CT molecular complexity index is 249. The van der Waals surface area contributed by atoms with E-state index in [1.54, 1.807) is 0 Å². The molecule has 2 rings (SSSR count). The van der Waals surface area contributed by atoms with Gasteiger partial charge in [-0.3, -0.25) is 0 Å². The monoisotopic (exact) mass is 187 g/mol.